The summed E-state index contributed by atoms with van der Waals surface area (Å²) in [6.45, 7) is 1.25. The van der Waals surface area contributed by atoms with Crippen molar-refractivity contribution in [1.82, 2.24) is 4.72 Å². The molecular weight excluding hydrogens is 390 g/mol. The third-order valence-electron chi connectivity index (χ3n) is 3.33. The molecule has 0 bridgehead atoms. The molecule has 1 amide bonds. The minimum atomic E-state index is -4.17. The summed E-state index contributed by atoms with van der Waals surface area (Å²) >= 11 is 5.81. The van der Waals surface area contributed by atoms with E-state index in [1.807, 2.05) is 0 Å². The maximum absolute atomic E-state index is 13.6. The number of anilines is 1. The number of halogens is 3. The maximum atomic E-state index is 13.6. The van der Waals surface area contributed by atoms with Gasteiger partial charge in [0, 0.05) is 11.1 Å². The summed E-state index contributed by atoms with van der Waals surface area (Å²) in [7, 11) is -2.89. The van der Waals surface area contributed by atoms with E-state index in [2.05, 4.69) is 10.0 Å². The van der Waals surface area contributed by atoms with Crippen LogP contribution < -0.4 is 14.8 Å². The van der Waals surface area contributed by atoms with Gasteiger partial charge in [-0.25, -0.2) is 17.2 Å². The first kappa shape index (κ1) is 20.1. The van der Waals surface area contributed by atoms with E-state index in [-0.39, 0.29) is 15.7 Å². The fourth-order valence-electron chi connectivity index (χ4n) is 2.04. The van der Waals surface area contributed by atoms with Crippen molar-refractivity contribution >= 4 is 33.2 Å². The summed E-state index contributed by atoms with van der Waals surface area (Å²) in [5.74, 6) is -2.45. The first-order valence-corrected chi connectivity index (χ1v) is 9.12. The van der Waals surface area contributed by atoms with Gasteiger partial charge in [-0.3, -0.25) is 4.79 Å². The Balaban J connectivity index is 2.20. The van der Waals surface area contributed by atoms with E-state index >= 15 is 0 Å². The average molecular weight is 405 g/mol. The third kappa shape index (κ3) is 4.69. The molecule has 0 heterocycles. The van der Waals surface area contributed by atoms with Crippen LogP contribution in [-0.4, -0.2) is 27.5 Å². The molecule has 2 aromatic rings. The van der Waals surface area contributed by atoms with Gasteiger partial charge in [0.15, 0.2) is 0 Å². The number of sulfonamides is 1. The van der Waals surface area contributed by atoms with Crippen molar-refractivity contribution in [2.24, 2.45) is 0 Å². The first-order chi connectivity index (χ1) is 12.1. The lowest BCUT2D eigenvalue weighted by Crippen LogP contribution is -2.41. The van der Waals surface area contributed by atoms with Crippen LogP contribution in [0.5, 0.6) is 5.75 Å². The van der Waals surface area contributed by atoms with Crippen molar-refractivity contribution in [3.8, 4) is 5.75 Å². The fourth-order valence-corrected chi connectivity index (χ4v) is 3.68. The van der Waals surface area contributed by atoms with E-state index in [0.29, 0.717) is 0 Å². The normalized spacial score (nSPS) is 12.5. The van der Waals surface area contributed by atoms with Crippen LogP contribution in [0.15, 0.2) is 41.3 Å². The maximum Gasteiger partial charge on any atom is 0.245 e. The molecule has 0 saturated carbocycles. The van der Waals surface area contributed by atoms with E-state index < -0.39 is 39.3 Å². The topological polar surface area (TPSA) is 84.5 Å². The predicted molar refractivity (Wildman–Crippen MR) is 92.8 cm³/mol. The Morgan fingerprint density at radius 1 is 1.19 bits per heavy atom. The third-order valence-corrected chi connectivity index (χ3v) is 5.12. The number of hydrogen-bond donors (Lipinski definition) is 2. The summed E-state index contributed by atoms with van der Waals surface area (Å²) in [5.41, 5.74) is -0.401. The highest BCUT2D eigenvalue weighted by molar-refractivity contribution is 7.89. The number of nitrogens with one attached hydrogen (secondary N) is 2. The summed E-state index contributed by atoms with van der Waals surface area (Å²) in [6, 6.07) is 5.21. The van der Waals surface area contributed by atoms with Crippen LogP contribution in [0.4, 0.5) is 14.5 Å². The van der Waals surface area contributed by atoms with Crippen molar-refractivity contribution in [2.75, 3.05) is 12.4 Å². The summed E-state index contributed by atoms with van der Waals surface area (Å²) < 4.78 is 58.8. The Hall–Kier alpha value is -2.23. The van der Waals surface area contributed by atoms with Gasteiger partial charge in [0.05, 0.1) is 18.8 Å². The lowest BCUT2D eigenvalue weighted by Gasteiger charge is -2.16. The molecule has 6 nitrogen and oxygen atoms in total. The highest BCUT2D eigenvalue weighted by atomic mass is 35.5. The Labute approximate surface area is 154 Å². The van der Waals surface area contributed by atoms with Crippen molar-refractivity contribution in [3.63, 3.8) is 0 Å². The van der Waals surface area contributed by atoms with Gasteiger partial charge in [0.1, 0.15) is 22.3 Å². The van der Waals surface area contributed by atoms with Gasteiger partial charge in [-0.2, -0.15) is 4.72 Å². The largest absolute Gasteiger partial charge is 0.495 e. The smallest absolute Gasteiger partial charge is 0.245 e. The van der Waals surface area contributed by atoms with Gasteiger partial charge in [0.25, 0.3) is 0 Å². The molecule has 0 aliphatic heterocycles. The molecule has 0 fully saturated rings. The van der Waals surface area contributed by atoms with Crippen LogP contribution in [0, 0.1) is 11.6 Å². The summed E-state index contributed by atoms with van der Waals surface area (Å²) in [4.78, 5) is 11.9. The number of hydrogen-bond acceptors (Lipinski definition) is 4. The minimum absolute atomic E-state index is 0.0330. The van der Waals surface area contributed by atoms with E-state index in [1.54, 1.807) is 0 Å². The quantitative estimate of drug-likeness (QED) is 0.775. The zero-order chi connectivity index (χ0) is 19.5. The Morgan fingerprint density at radius 3 is 2.54 bits per heavy atom. The van der Waals surface area contributed by atoms with E-state index in [1.165, 1.54) is 32.2 Å². The Morgan fingerprint density at radius 2 is 1.88 bits per heavy atom. The number of amides is 1. The molecule has 0 aliphatic carbocycles. The molecule has 0 aliphatic rings. The molecule has 2 aromatic carbocycles. The molecule has 0 saturated heterocycles. The number of rotatable bonds is 6. The number of carbonyl (C=O) groups is 1. The minimum Gasteiger partial charge on any atom is -0.495 e. The monoisotopic (exact) mass is 404 g/mol. The van der Waals surface area contributed by atoms with Crippen LogP contribution in [0.1, 0.15) is 6.92 Å². The van der Waals surface area contributed by atoms with Crippen molar-refractivity contribution in [1.29, 1.82) is 0 Å². The van der Waals surface area contributed by atoms with Gasteiger partial charge in [-0.05, 0) is 37.3 Å². The van der Waals surface area contributed by atoms with Gasteiger partial charge in [-0.1, -0.05) is 11.6 Å². The number of methoxy groups -OCH3 is 1. The van der Waals surface area contributed by atoms with Crippen LogP contribution >= 0.6 is 11.6 Å². The van der Waals surface area contributed by atoms with Crippen LogP contribution in [0.25, 0.3) is 0 Å². The zero-order valence-corrected chi connectivity index (χ0v) is 15.3. The average Bonchev–Trinajstić information content (AvgIpc) is 2.57. The highest BCUT2D eigenvalue weighted by Crippen LogP contribution is 2.27. The van der Waals surface area contributed by atoms with Crippen molar-refractivity contribution in [2.45, 2.75) is 17.9 Å². The number of ether oxygens (including phenoxy) is 1. The van der Waals surface area contributed by atoms with E-state index in [9.17, 15) is 22.0 Å². The molecule has 2 rings (SSSR count). The Kier molecular flexibility index (Phi) is 6.17. The summed E-state index contributed by atoms with van der Waals surface area (Å²) in [6.07, 6.45) is 0. The molecular formula is C16H15ClF2N2O4S. The predicted octanol–water partition coefficient (Wildman–Crippen LogP) is 2.93. The lowest BCUT2D eigenvalue weighted by atomic mass is 10.2. The second-order valence-electron chi connectivity index (χ2n) is 5.25. The van der Waals surface area contributed by atoms with Gasteiger partial charge in [-0.15, -0.1) is 0 Å². The standard InChI is InChI=1S/C16H15ClF2N2O4S/c1-9(16(22)20-13-8-11(18)4-5-12(13)19)21-26(23,24)15-7-10(17)3-6-14(15)25-2/h3-9,21H,1-2H3,(H,20,22)/t9-/m0/s1. The lowest BCUT2D eigenvalue weighted by molar-refractivity contribution is -0.117. The molecule has 0 spiro atoms. The molecule has 140 valence electrons. The molecule has 1 atom stereocenters. The van der Waals surface area contributed by atoms with Gasteiger partial charge < -0.3 is 10.1 Å². The molecule has 10 heteroatoms. The van der Waals surface area contributed by atoms with Gasteiger partial charge >= 0.3 is 0 Å². The van der Waals surface area contributed by atoms with Gasteiger partial charge in [0.2, 0.25) is 15.9 Å². The van der Waals surface area contributed by atoms with Crippen molar-refractivity contribution < 1.29 is 26.7 Å². The molecule has 0 aromatic heterocycles. The van der Waals surface area contributed by atoms with E-state index in [0.717, 1.165) is 18.2 Å². The SMILES string of the molecule is COc1ccc(Cl)cc1S(=O)(=O)N[C@@H](C)C(=O)Nc1cc(F)ccc1F. The number of benzene rings is 2. The molecule has 0 radical (unpaired) electrons. The van der Waals surface area contributed by atoms with E-state index in [4.69, 9.17) is 16.3 Å². The molecule has 26 heavy (non-hydrogen) atoms. The van der Waals surface area contributed by atoms with Crippen LogP contribution in [0.2, 0.25) is 5.02 Å². The molecule has 2 N–H and O–H groups in total. The highest BCUT2D eigenvalue weighted by Gasteiger charge is 2.26. The molecule has 0 unspecified atom stereocenters. The second-order valence-corrected chi connectivity index (χ2v) is 7.37. The zero-order valence-electron chi connectivity index (χ0n) is 13.7. The van der Waals surface area contributed by atoms with Crippen LogP contribution in [0.3, 0.4) is 0 Å². The Bertz CT molecular complexity index is 938. The first-order valence-electron chi connectivity index (χ1n) is 7.26. The second kappa shape index (κ2) is 7.98. The fraction of sp³-hybridized carbons (Fsp3) is 0.188. The van der Waals surface area contributed by atoms with Crippen LogP contribution in [-0.2, 0) is 14.8 Å². The number of carbonyl (C=O) groups excluding carboxylic acids is 1. The summed E-state index contributed by atoms with van der Waals surface area (Å²) in [5, 5.41) is 2.28. The van der Waals surface area contributed by atoms with Crippen molar-refractivity contribution in [3.05, 3.63) is 53.1 Å².